The number of halogens is 2. The number of hydrogen-bond donors (Lipinski definition) is 2. The van der Waals surface area contributed by atoms with Gasteiger partial charge in [-0.05, 0) is 48.5 Å². The first kappa shape index (κ1) is 24.0. The van der Waals surface area contributed by atoms with Crippen molar-refractivity contribution < 1.29 is 13.2 Å². The first-order valence-electron chi connectivity index (χ1n) is 9.63. The Balaban J connectivity index is 1.57. The summed E-state index contributed by atoms with van der Waals surface area (Å²) in [6, 6.07) is 11.5. The first-order chi connectivity index (χ1) is 16.0. The number of urea groups is 1. The standard InChI is InChI=1S/C21H17Cl2N5O4S2/c1-27(2)13-4-5-14-16(10-13)24-11-28(20(14)29)17-6-3-12(9-15(17)22)25-21(30)26-34(31,32)19-8-7-18(23)33-19/h3-11H,1-2H3,(H2,25,26,30). The van der Waals surface area contributed by atoms with Crippen LogP contribution < -0.4 is 20.5 Å². The van der Waals surface area contributed by atoms with E-state index >= 15 is 0 Å². The molecule has 13 heteroatoms. The third-order valence-corrected chi connectivity index (χ3v) is 8.12. The van der Waals surface area contributed by atoms with E-state index in [0.29, 0.717) is 16.6 Å². The van der Waals surface area contributed by atoms with Crippen molar-refractivity contribution in [1.29, 1.82) is 0 Å². The molecule has 0 radical (unpaired) electrons. The number of sulfonamides is 1. The molecule has 0 saturated heterocycles. The van der Waals surface area contributed by atoms with Crippen LogP contribution in [0.2, 0.25) is 9.36 Å². The predicted molar refractivity (Wildman–Crippen MR) is 135 cm³/mol. The van der Waals surface area contributed by atoms with Gasteiger partial charge in [-0.15, -0.1) is 11.3 Å². The number of fused-ring (bicyclic) bond motifs is 1. The van der Waals surface area contributed by atoms with Gasteiger partial charge < -0.3 is 10.2 Å². The van der Waals surface area contributed by atoms with Crippen molar-refractivity contribution in [2.75, 3.05) is 24.3 Å². The van der Waals surface area contributed by atoms with Crippen LogP contribution in [0.5, 0.6) is 0 Å². The molecule has 2 aromatic carbocycles. The molecule has 0 aliphatic carbocycles. The van der Waals surface area contributed by atoms with Crippen LogP contribution in [0.1, 0.15) is 0 Å². The molecule has 2 heterocycles. The van der Waals surface area contributed by atoms with Crippen LogP contribution in [0.3, 0.4) is 0 Å². The zero-order chi connectivity index (χ0) is 24.6. The molecular weight excluding hydrogens is 521 g/mol. The van der Waals surface area contributed by atoms with Crippen LogP contribution in [0, 0.1) is 0 Å². The molecule has 0 unspecified atom stereocenters. The normalized spacial score (nSPS) is 11.4. The predicted octanol–water partition coefficient (Wildman–Crippen LogP) is 4.33. The van der Waals surface area contributed by atoms with Crippen molar-refractivity contribution in [3.8, 4) is 5.69 Å². The Labute approximate surface area is 208 Å². The van der Waals surface area contributed by atoms with E-state index in [1.807, 2.05) is 35.9 Å². The summed E-state index contributed by atoms with van der Waals surface area (Å²) in [4.78, 5) is 31.5. The van der Waals surface area contributed by atoms with Gasteiger partial charge in [0, 0.05) is 25.5 Å². The van der Waals surface area contributed by atoms with E-state index in [2.05, 4.69) is 10.3 Å². The van der Waals surface area contributed by atoms with E-state index in [0.717, 1.165) is 17.0 Å². The second-order valence-electron chi connectivity index (χ2n) is 7.30. The Morgan fingerprint density at radius 3 is 2.50 bits per heavy atom. The van der Waals surface area contributed by atoms with Crippen molar-refractivity contribution in [2.24, 2.45) is 0 Å². The summed E-state index contributed by atoms with van der Waals surface area (Å²) < 4.78 is 27.9. The molecule has 176 valence electrons. The van der Waals surface area contributed by atoms with Gasteiger partial charge in [0.25, 0.3) is 15.6 Å². The Kier molecular flexibility index (Phi) is 6.54. The van der Waals surface area contributed by atoms with Gasteiger partial charge in [0.05, 0.1) is 25.9 Å². The van der Waals surface area contributed by atoms with Crippen molar-refractivity contribution in [2.45, 2.75) is 4.21 Å². The lowest BCUT2D eigenvalue weighted by Gasteiger charge is -2.14. The van der Waals surface area contributed by atoms with Crippen molar-refractivity contribution in [3.05, 3.63) is 74.6 Å². The minimum absolute atomic E-state index is 0.0955. The van der Waals surface area contributed by atoms with Crippen LogP contribution in [0.25, 0.3) is 16.6 Å². The molecule has 0 bridgehead atoms. The molecule has 0 aliphatic rings. The second kappa shape index (κ2) is 9.26. The van der Waals surface area contributed by atoms with Crippen LogP contribution >= 0.6 is 34.5 Å². The molecule has 4 aromatic rings. The highest BCUT2D eigenvalue weighted by molar-refractivity contribution is 7.92. The van der Waals surface area contributed by atoms with E-state index in [1.54, 1.807) is 6.07 Å². The number of hydrogen-bond acceptors (Lipinski definition) is 7. The lowest BCUT2D eigenvalue weighted by atomic mass is 10.2. The van der Waals surface area contributed by atoms with E-state index in [1.165, 1.54) is 41.2 Å². The highest BCUT2D eigenvalue weighted by atomic mass is 35.5. The fourth-order valence-electron chi connectivity index (χ4n) is 3.11. The van der Waals surface area contributed by atoms with E-state index < -0.39 is 16.1 Å². The van der Waals surface area contributed by atoms with E-state index in [4.69, 9.17) is 23.2 Å². The number of nitrogens with one attached hydrogen (secondary N) is 2. The van der Waals surface area contributed by atoms with Gasteiger partial charge in [-0.25, -0.2) is 22.9 Å². The van der Waals surface area contributed by atoms with Gasteiger partial charge >= 0.3 is 6.03 Å². The first-order valence-corrected chi connectivity index (χ1v) is 12.7. The minimum atomic E-state index is -4.07. The van der Waals surface area contributed by atoms with Crippen LogP contribution in [0.4, 0.5) is 16.2 Å². The average Bonchev–Trinajstić information content (AvgIpc) is 3.21. The van der Waals surface area contributed by atoms with Gasteiger partial charge in [0.15, 0.2) is 0 Å². The summed E-state index contributed by atoms with van der Waals surface area (Å²) in [6.07, 6.45) is 1.38. The third-order valence-electron chi connectivity index (χ3n) is 4.76. The van der Waals surface area contributed by atoms with Crippen LogP contribution in [-0.2, 0) is 10.0 Å². The largest absolute Gasteiger partial charge is 0.378 e. The zero-order valence-electron chi connectivity index (χ0n) is 17.7. The molecule has 2 N–H and O–H groups in total. The molecule has 34 heavy (non-hydrogen) atoms. The summed E-state index contributed by atoms with van der Waals surface area (Å²) >= 11 is 13.0. The summed E-state index contributed by atoms with van der Waals surface area (Å²) in [5, 5.41) is 2.98. The Morgan fingerprint density at radius 2 is 1.85 bits per heavy atom. The molecule has 0 atom stereocenters. The Morgan fingerprint density at radius 1 is 1.09 bits per heavy atom. The number of thiophene rings is 1. The average molecular weight is 538 g/mol. The van der Waals surface area contributed by atoms with Gasteiger partial charge in [-0.1, -0.05) is 23.2 Å². The maximum Gasteiger partial charge on any atom is 0.333 e. The molecule has 0 fully saturated rings. The van der Waals surface area contributed by atoms with Crippen molar-refractivity contribution in [1.82, 2.24) is 14.3 Å². The van der Waals surface area contributed by atoms with Gasteiger partial charge in [0.1, 0.15) is 10.5 Å². The molecule has 4 rings (SSSR count). The lowest BCUT2D eigenvalue weighted by molar-refractivity contribution is 0.256. The highest BCUT2D eigenvalue weighted by Crippen LogP contribution is 2.26. The lowest BCUT2D eigenvalue weighted by Crippen LogP contribution is -2.33. The molecule has 2 aromatic heterocycles. The fourth-order valence-corrected chi connectivity index (χ4v) is 5.77. The van der Waals surface area contributed by atoms with Crippen molar-refractivity contribution in [3.63, 3.8) is 0 Å². The summed E-state index contributed by atoms with van der Waals surface area (Å²) in [5.74, 6) is 0. The molecule has 9 nitrogen and oxygen atoms in total. The maximum absolute atomic E-state index is 13.0. The van der Waals surface area contributed by atoms with Gasteiger partial charge in [-0.3, -0.25) is 9.36 Å². The summed E-state index contributed by atoms with van der Waals surface area (Å²) in [5.41, 5.74) is 1.73. The number of carbonyl (C=O) groups excluding carboxylic acids is 1. The number of benzene rings is 2. The maximum atomic E-state index is 13.0. The number of nitrogens with zero attached hydrogens (tertiary/aromatic N) is 3. The Hall–Kier alpha value is -3.12. The van der Waals surface area contributed by atoms with Crippen LogP contribution in [0.15, 0.2) is 63.9 Å². The molecule has 0 saturated carbocycles. The number of anilines is 2. The number of amides is 2. The SMILES string of the molecule is CN(C)c1ccc2c(=O)n(-c3ccc(NC(=O)NS(=O)(=O)c4ccc(Cl)s4)cc3Cl)cnc2c1. The molecular formula is C21H17Cl2N5O4S2. The third kappa shape index (κ3) is 4.87. The number of rotatable bonds is 5. The quantitative estimate of drug-likeness (QED) is 0.391. The van der Waals surface area contributed by atoms with Gasteiger partial charge in [0.2, 0.25) is 0 Å². The highest BCUT2D eigenvalue weighted by Gasteiger charge is 2.20. The fraction of sp³-hybridized carbons (Fsp3) is 0.0952. The topological polar surface area (TPSA) is 113 Å². The van der Waals surface area contributed by atoms with Crippen LogP contribution in [-0.4, -0.2) is 38.1 Å². The van der Waals surface area contributed by atoms with Gasteiger partial charge in [-0.2, -0.15) is 0 Å². The van der Waals surface area contributed by atoms with E-state index in [-0.39, 0.29) is 24.8 Å². The monoisotopic (exact) mass is 537 g/mol. The van der Waals surface area contributed by atoms with E-state index in [9.17, 15) is 18.0 Å². The molecule has 0 aliphatic heterocycles. The smallest absolute Gasteiger partial charge is 0.333 e. The minimum Gasteiger partial charge on any atom is -0.378 e. The number of aromatic nitrogens is 2. The second-order valence-corrected chi connectivity index (χ2v) is 11.3. The molecule has 0 spiro atoms. The summed E-state index contributed by atoms with van der Waals surface area (Å²) in [6.45, 7) is 0. The molecule has 2 amide bonds. The Bertz CT molecular complexity index is 1580. The summed E-state index contributed by atoms with van der Waals surface area (Å²) in [7, 11) is -0.285. The van der Waals surface area contributed by atoms with Crippen molar-refractivity contribution >= 4 is 72.9 Å². The zero-order valence-corrected chi connectivity index (χ0v) is 20.9. The number of carbonyl (C=O) groups is 1.